The van der Waals surface area contributed by atoms with Gasteiger partial charge < -0.3 is 5.32 Å². The molecule has 4 rings (SSSR count). The number of nitrogens with zero attached hydrogens (tertiary/aromatic N) is 2. The summed E-state index contributed by atoms with van der Waals surface area (Å²) in [5.41, 5.74) is 0.695. The van der Waals surface area contributed by atoms with Crippen molar-refractivity contribution < 1.29 is 17.6 Å². The van der Waals surface area contributed by atoms with Gasteiger partial charge in [-0.05, 0) is 48.7 Å². The van der Waals surface area contributed by atoms with Gasteiger partial charge in [0.2, 0.25) is 15.9 Å². The molecule has 2 aromatic carbocycles. The smallest absolute Gasteiger partial charge is 0.243 e. The fraction of sp³-hybridized carbons (Fsp3) is 0.381. The minimum Gasteiger partial charge on any atom is -0.352 e. The summed E-state index contributed by atoms with van der Waals surface area (Å²) in [6, 6.07) is 11.7. The highest BCUT2D eigenvalue weighted by Gasteiger charge is 2.36. The van der Waals surface area contributed by atoms with Crippen molar-refractivity contribution in [3.05, 3.63) is 64.9 Å². The second-order valence-electron chi connectivity index (χ2n) is 7.63. The Bertz CT molecular complexity index is 1020. The van der Waals surface area contributed by atoms with Gasteiger partial charge in [0, 0.05) is 37.2 Å². The highest BCUT2D eigenvalue weighted by Crippen LogP contribution is 2.28. The second-order valence-corrected chi connectivity index (χ2v) is 10.0. The number of benzene rings is 2. The van der Waals surface area contributed by atoms with E-state index in [1.54, 1.807) is 24.3 Å². The zero-order chi connectivity index (χ0) is 21.3. The van der Waals surface area contributed by atoms with Crippen LogP contribution in [0.25, 0.3) is 0 Å². The molecule has 160 valence electrons. The number of amides is 1. The maximum Gasteiger partial charge on any atom is 0.243 e. The van der Waals surface area contributed by atoms with Gasteiger partial charge in [-0.1, -0.05) is 29.8 Å². The minimum absolute atomic E-state index is 0.129. The van der Waals surface area contributed by atoms with Crippen LogP contribution in [0.1, 0.15) is 24.4 Å². The standard InChI is InChI=1S/C21H23ClFN3O3S/c22-16-2-1-3-19(14-16)30(28,29)26-12-10-25(11-13-26)20(21(27)24-18-8-9-18)15-4-6-17(23)7-5-15/h1-7,14,18,20H,8-13H2,(H,24,27)/t20-/m1/s1. The molecule has 0 radical (unpaired) electrons. The first kappa shape index (κ1) is 21.2. The number of nitrogens with one attached hydrogen (secondary N) is 1. The predicted octanol–water partition coefficient (Wildman–Crippen LogP) is 2.81. The van der Waals surface area contributed by atoms with Crippen molar-refractivity contribution in [1.82, 2.24) is 14.5 Å². The lowest BCUT2D eigenvalue weighted by Crippen LogP contribution is -2.52. The Hall–Kier alpha value is -2.00. The lowest BCUT2D eigenvalue weighted by Gasteiger charge is -2.38. The number of rotatable bonds is 6. The Morgan fingerprint density at radius 1 is 1.07 bits per heavy atom. The second kappa shape index (κ2) is 8.63. The van der Waals surface area contributed by atoms with E-state index in [0.29, 0.717) is 23.7 Å². The summed E-state index contributed by atoms with van der Waals surface area (Å²) in [4.78, 5) is 15.0. The van der Waals surface area contributed by atoms with Gasteiger partial charge in [0.1, 0.15) is 11.9 Å². The van der Waals surface area contributed by atoms with E-state index >= 15 is 0 Å². The first-order chi connectivity index (χ1) is 14.3. The average Bonchev–Trinajstić information content (AvgIpc) is 3.54. The number of halogens is 2. The van der Waals surface area contributed by atoms with Crippen LogP contribution in [0.15, 0.2) is 53.4 Å². The Morgan fingerprint density at radius 3 is 2.33 bits per heavy atom. The van der Waals surface area contributed by atoms with Crippen LogP contribution in [-0.2, 0) is 14.8 Å². The van der Waals surface area contributed by atoms with Crippen molar-refractivity contribution in [1.29, 1.82) is 0 Å². The molecule has 1 aliphatic heterocycles. The number of carbonyl (C=O) groups is 1. The summed E-state index contributed by atoms with van der Waals surface area (Å²) >= 11 is 5.95. The zero-order valence-corrected chi connectivity index (χ0v) is 17.9. The molecule has 9 heteroatoms. The van der Waals surface area contributed by atoms with Gasteiger partial charge in [-0.15, -0.1) is 0 Å². The van der Waals surface area contributed by atoms with E-state index < -0.39 is 16.1 Å². The lowest BCUT2D eigenvalue weighted by atomic mass is 10.0. The third kappa shape index (κ3) is 4.67. The molecule has 1 saturated carbocycles. The van der Waals surface area contributed by atoms with Crippen LogP contribution >= 0.6 is 11.6 Å². The van der Waals surface area contributed by atoms with Gasteiger partial charge in [0.05, 0.1) is 4.90 Å². The Kier molecular flexibility index (Phi) is 6.11. The summed E-state index contributed by atoms with van der Waals surface area (Å²) in [5, 5.41) is 3.38. The van der Waals surface area contributed by atoms with E-state index in [0.717, 1.165) is 12.8 Å². The van der Waals surface area contributed by atoms with Crippen LogP contribution in [0, 0.1) is 5.82 Å². The first-order valence-electron chi connectivity index (χ1n) is 9.90. The summed E-state index contributed by atoms with van der Waals surface area (Å²) in [5.74, 6) is -0.493. The zero-order valence-electron chi connectivity index (χ0n) is 16.3. The number of hydrogen-bond donors (Lipinski definition) is 1. The van der Waals surface area contributed by atoms with Crippen LogP contribution in [0.3, 0.4) is 0 Å². The van der Waals surface area contributed by atoms with Crippen molar-refractivity contribution in [2.45, 2.75) is 29.8 Å². The van der Waals surface area contributed by atoms with E-state index in [9.17, 15) is 17.6 Å². The van der Waals surface area contributed by atoms with Gasteiger partial charge >= 0.3 is 0 Å². The molecule has 0 bridgehead atoms. The fourth-order valence-electron chi connectivity index (χ4n) is 3.66. The van der Waals surface area contributed by atoms with E-state index in [2.05, 4.69) is 5.32 Å². The number of sulfonamides is 1. The van der Waals surface area contributed by atoms with Crippen molar-refractivity contribution in [3.63, 3.8) is 0 Å². The summed E-state index contributed by atoms with van der Waals surface area (Å²) in [7, 11) is -3.66. The molecule has 2 aliphatic rings. The Morgan fingerprint density at radius 2 is 1.73 bits per heavy atom. The maximum absolute atomic E-state index is 13.4. The molecule has 30 heavy (non-hydrogen) atoms. The predicted molar refractivity (Wildman–Crippen MR) is 112 cm³/mol. The molecule has 1 heterocycles. The molecule has 6 nitrogen and oxygen atoms in total. The minimum atomic E-state index is -3.66. The van der Waals surface area contributed by atoms with Crippen molar-refractivity contribution >= 4 is 27.5 Å². The monoisotopic (exact) mass is 451 g/mol. The fourth-order valence-corrected chi connectivity index (χ4v) is 5.38. The van der Waals surface area contributed by atoms with Crippen LogP contribution in [0.2, 0.25) is 5.02 Å². The third-order valence-corrected chi connectivity index (χ3v) is 7.56. The molecule has 1 saturated heterocycles. The van der Waals surface area contributed by atoms with Crippen molar-refractivity contribution in [3.8, 4) is 0 Å². The number of hydrogen-bond acceptors (Lipinski definition) is 4. The molecule has 2 fully saturated rings. The summed E-state index contributed by atoms with van der Waals surface area (Å²) in [6.07, 6.45) is 1.93. The molecule has 1 aliphatic carbocycles. The van der Waals surface area contributed by atoms with Gasteiger partial charge in [0.15, 0.2) is 0 Å². The molecule has 2 aromatic rings. The Labute approximate surface area is 180 Å². The van der Waals surface area contributed by atoms with E-state index in [4.69, 9.17) is 11.6 Å². The maximum atomic E-state index is 13.4. The van der Waals surface area contributed by atoms with Crippen molar-refractivity contribution in [2.75, 3.05) is 26.2 Å². The molecule has 1 amide bonds. The normalized spacial score (nSPS) is 19.4. The van der Waals surface area contributed by atoms with Gasteiger partial charge in [0.25, 0.3) is 0 Å². The summed E-state index contributed by atoms with van der Waals surface area (Å²) < 4.78 is 40.7. The third-order valence-electron chi connectivity index (χ3n) is 5.43. The first-order valence-corrected chi connectivity index (χ1v) is 11.7. The molecular weight excluding hydrogens is 429 g/mol. The van der Waals surface area contributed by atoms with Crippen LogP contribution in [0.4, 0.5) is 4.39 Å². The molecule has 0 unspecified atom stereocenters. The highest BCUT2D eigenvalue weighted by molar-refractivity contribution is 7.89. The summed E-state index contributed by atoms with van der Waals surface area (Å²) in [6.45, 7) is 1.28. The van der Waals surface area contributed by atoms with E-state index in [-0.39, 0.29) is 35.8 Å². The van der Waals surface area contributed by atoms with Crippen LogP contribution in [0.5, 0.6) is 0 Å². The molecule has 0 spiro atoms. The van der Waals surface area contributed by atoms with Crippen LogP contribution in [-0.4, -0.2) is 55.8 Å². The lowest BCUT2D eigenvalue weighted by molar-refractivity contribution is -0.127. The molecule has 1 N–H and O–H groups in total. The Balaban J connectivity index is 1.50. The van der Waals surface area contributed by atoms with Crippen LogP contribution < -0.4 is 5.32 Å². The van der Waals surface area contributed by atoms with Crippen molar-refractivity contribution in [2.24, 2.45) is 0 Å². The average molecular weight is 452 g/mol. The SMILES string of the molecule is O=C(NC1CC1)[C@@H](c1ccc(F)cc1)N1CCN(S(=O)(=O)c2cccc(Cl)c2)CC1. The number of carbonyl (C=O) groups excluding carboxylic acids is 1. The van der Waals surface area contributed by atoms with Gasteiger partial charge in [-0.2, -0.15) is 4.31 Å². The largest absolute Gasteiger partial charge is 0.352 e. The number of piperazine rings is 1. The topological polar surface area (TPSA) is 69.7 Å². The van der Waals surface area contributed by atoms with Gasteiger partial charge in [-0.25, -0.2) is 12.8 Å². The molecule has 0 aromatic heterocycles. The molecular formula is C21H23ClFN3O3S. The quantitative estimate of drug-likeness (QED) is 0.733. The van der Waals surface area contributed by atoms with E-state index in [1.165, 1.54) is 28.6 Å². The molecule has 1 atom stereocenters. The highest BCUT2D eigenvalue weighted by atomic mass is 35.5. The van der Waals surface area contributed by atoms with Gasteiger partial charge in [-0.3, -0.25) is 9.69 Å². The van der Waals surface area contributed by atoms with E-state index in [1.807, 2.05) is 4.90 Å².